The van der Waals surface area contributed by atoms with Gasteiger partial charge in [-0.1, -0.05) is 42.5 Å². The molecule has 35 heavy (non-hydrogen) atoms. The number of ether oxygens (including phenoxy) is 1. The van der Waals surface area contributed by atoms with E-state index >= 15 is 0 Å². The van der Waals surface area contributed by atoms with Crippen molar-refractivity contribution in [2.45, 2.75) is 31.2 Å². The number of fused-ring (bicyclic) bond motifs is 1. The number of carbonyl (C=O) groups is 1. The van der Waals surface area contributed by atoms with Gasteiger partial charge in [-0.05, 0) is 35.5 Å². The van der Waals surface area contributed by atoms with E-state index in [1.807, 2.05) is 30.3 Å². The lowest BCUT2D eigenvalue weighted by atomic mass is 9.96. The maximum Gasteiger partial charge on any atom is 0.410 e. The summed E-state index contributed by atoms with van der Waals surface area (Å²) in [5.41, 5.74) is 6.54. The normalized spacial score (nSPS) is 17.0. The highest BCUT2D eigenvalue weighted by Gasteiger charge is 2.47. The van der Waals surface area contributed by atoms with E-state index in [-0.39, 0.29) is 22.9 Å². The third-order valence-corrected chi connectivity index (χ3v) is 5.83. The van der Waals surface area contributed by atoms with E-state index in [0.29, 0.717) is 17.9 Å². The quantitative estimate of drug-likeness (QED) is 0.310. The summed E-state index contributed by atoms with van der Waals surface area (Å²) in [5, 5.41) is 9.99. The molecule has 184 valence electrons. The zero-order valence-electron chi connectivity index (χ0n) is 18.6. The molecule has 0 saturated carbocycles. The van der Waals surface area contributed by atoms with E-state index in [9.17, 15) is 18.0 Å². The number of thiocarbonyl (C=S) groups is 1. The fourth-order valence-electron chi connectivity index (χ4n) is 3.79. The van der Waals surface area contributed by atoms with Gasteiger partial charge in [-0.25, -0.2) is 4.68 Å². The molecule has 2 aromatic carbocycles. The first-order valence-electron chi connectivity index (χ1n) is 10.7. The van der Waals surface area contributed by atoms with Crippen molar-refractivity contribution < 1.29 is 22.7 Å². The topological polar surface area (TPSA) is 92.2 Å². The number of hydrazine groups is 1. The summed E-state index contributed by atoms with van der Waals surface area (Å²) in [6.45, 7) is 0.435. The Morgan fingerprint density at radius 2 is 1.89 bits per heavy atom. The molecular formula is C23H23F3N6O2S. The van der Waals surface area contributed by atoms with Crippen LogP contribution < -0.4 is 26.2 Å². The van der Waals surface area contributed by atoms with Crippen molar-refractivity contribution in [1.82, 2.24) is 25.9 Å². The van der Waals surface area contributed by atoms with E-state index in [4.69, 9.17) is 17.0 Å². The zero-order chi connectivity index (χ0) is 25.0. The first-order valence-corrected chi connectivity index (χ1v) is 11.1. The highest BCUT2D eigenvalue weighted by molar-refractivity contribution is 7.80. The molecule has 0 fully saturated rings. The van der Waals surface area contributed by atoms with Gasteiger partial charge >= 0.3 is 6.18 Å². The Bertz CT molecular complexity index is 1180. The molecule has 12 heteroatoms. The van der Waals surface area contributed by atoms with E-state index in [1.54, 1.807) is 24.3 Å². The van der Waals surface area contributed by atoms with Crippen LogP contribution >= 0.6 is 12.2 Å². The minimum absolute atomic E-state index is 0.0261. The van der Waals surface area contributed by atoms with Crippen LogP contribution in [0.3, 0.4) is 0 Å². The number of aromatic nitrogens is 2. The summed E-state index contributed by atoms with van der Waals surface area (Å²) in [6, 6.07) is 13.6. The standard InChI is InChI=1S/C23H23F3N6O2S/c1-34-16-9-7-15(8-10-16)18-11-19(23(24,25)26)32-20(29-18)17(13-28-32)21(33)30-31-22(35)27-12-14-5-3-2-4-6-14/h2-10,13,18-19,29H,11-12H2,1H3,(H,30,33)(H2,27,31,35)/t18-,19+/m1/s1. The van der Waals surface area contributed by atoms with Gasteiger partial charge in [0.15, 0.2) is 11.2 Å². The van der Waals surface area contributed by atoms with Crippen molar-refractivity contribution in [2.75, 3.05) is 12.4 Å². The van der Waals surface area contributed by atoms with Crippen LogP contribution in [0.4, 0.5) is 19.0 Å². The van der Waals surface area contributed by atoms with Crippen molar-refractivity contribution in [3.8, 4) is 5.75 Å². The summed E-state index contributed by atoms with van der Waals surface area (Å²) in [6.07, 6.45) is -3.73. The minimum Gasteiger partial charge on any atom is -0.497 e. The number of hydrogen-bond acceptors (Lipinski definition) is 5. The smallest absolute Gasteiger partial charge is 0.410 e. The maximum atomic E-state index is 13.9. The Morgan fingerprint density at radius 3 is 2.54 bits per heavy atom. The van der Waals surface area contributed by atoms with Crippen LogP contribution in [-0.2, 0) is 6.54 Å². The number of anilines is 1. The Kier molecular flexibility index (Phi) is 7.10. The predicted octanol–water partition coefficient (Wildman–Crippen LogP) is 3.86. The zero-order valence-corrected chi connectivity index (χ0v) is 19.4. The van der Waals surface area contributed by atoms with Gasteiger partial charge < -0.3 is 15.4 Å². The lowest BCUT2D eigenvalue weighted by Crippen LogP contribution is -2.46. The third-order valence-electron chi connectivity index (χ3n) is 5.59. The molecule has 0 aliphatic carbocycles. The molecule has 0 bridgehead atoms. The number of amides is 1. The first-order chi connectivity index (χ1) is 16.8. The molecule has 0 spiro atoms. The summed E-state index contributed by atoms with van der Waals surface area (Å²) >= 11 is 5.16. The fraction of sp³-hybridized carbons (Fsp3) is 0.261. The molecule has 1 amide bonds. The molecule has 2 heterocycles. The molecule has 4 rings (SSSR count). The number of halogens is 3. The second-order valence-corrected chi connectivity index (χ2v) is 8.27. The van der Waals surface area contributed by atoms with Crippen molar-refractivity contribution >= 4 is 29.1 Å². The van der Waals surface area contributed by atoms with Crippen molar-refractivity contribution in [2.24, 2.45) is 0 Å². The molecule has 4 N–H and O–H groups in total. The van der Waals surface area contributed by atoms with E-state index in [1.165, 1.54) is 7.11 Å². The molecule has 1 aliphatic heterocycles. The summed E-state index contributed by atoms with van der Waals surface area (Å²) in [4.78, 5) is 12.8. The van der Waals surface area contributed by atoms with Crippen molar-refractivity contribution in [3.63, 3.8) is 0 Å². The Hall–Kier alpha value is -3.80. The number of rotatable bonds is 5. The highest BCUT2D eigenvalue weighted by Crippen LogP contribution is 2.44. The van der Waals surface area contributed by atoms with Crippen LogP contribution in [-0.4, -0.2) is 34.1 Å². The van der Waals surface area contributed by atoms with Gasteiger partial charge in [0.1, 0.15) is 17.1 Å². The second-order valence-electron chi connectivity index (χ2n) is 7.86. The van der Waals surface area contributed by atoms with Gasteiger partial charge in [0, 0.05) is 13.0 Å². The molecule has 8 nitrogen and oxygen atoms in total. The summed E-state index contributed by atoms with van der Waals surface area (Å²) in [5.74, 6) is -0.120. The van der Waals surface area contributed by atoms with E-state index in [0.717, 1.165) is 16.4 Å². The van der Waals surface area contributed by atoms with Crippen LogP contribution in [0.5, 0.6) is 5.75 Å². The van der Waals surface area contributed by atoms with E-state index < -0.39 is 24.2 Å². The molecule has 3 aromatic rings. The lowest BCUT2D eigenvalue weighted by molar-refractivity contribution is -0.173. The number of carbonyl (C=O) groups excluding carboxylic acids is 1. The number of methoxy groups -OCH3 is 1. The lowest BCUT2D eigenvalue weighted by Gasteiger charge is -2.34. The minimum atomic E-state index is -4.55. The van der Waals surface area contributed by atoms with E-state index in [2.05, 4.69) is 26.6 Å². The van der Waals surface area contributed by atoms with Crippen molar-refractivity contribution in [3.05, 3.63) is 77.5 Å². The molecule has 0 unspecified atom stereocenters. The Balaban J connectivity index is 1.47. The average molecular weight is 505 g/mol. The monoisotopic (exact) mass is 504 g/mol. The van der Waals surface area contributed by atoms with Gasteiger partial charge in [-0.3, -0.25) is 15.6 Å². The first kappa shape index (κ1) is 24.3. The highest BCUT2D eigenvalue weighted by atomic mass is 32.1. The second kappa shape index (κ2) is 10.2. The van der Waals surface area contributed by atoms with Gasteiger partial charge in [-0.15, -0.1) is 0 Å². The Labute approximate surface area is 204 Å². The molecular weight excluding hydrogens is 481 g/mol. The van der Waals surface area contributed by atoms with Crippen molar-refractivity contribution in [1.29, 1.82) is 0 Å². The maximum absolute atomic E-state index is 13.9. The molecule has 1 aromatic heterocycles. The van der Waals surface area contributed by atoms with Gasteiger partial charge in [0.25, 0.3) is 5.91 Å². The number of benzene rings is 2. The Morgan fingerprint density at radius 1 is 1.17 bits per heavy atom. The number of hydrogen-bond donors (Lipinski definition) is 4. The molecule has 2 atom stereocenters. The van der Waals surface area contributed by atoms with Gasteiger partial charge in [0.2, 0.25) is 0 Å². The predicted molar refractivity (Wildman–Crippen MR) is 128 cm³/mol. The summed E-state index contributed by atoms with van der Waals surface area (Å²) < 4.78 is 47.5. The van der Waals surface area contributed by atoms with Crippen LogP contribution in [0, 0.1) is 0 Å². The molecule has 1 aliphatic rings. The van der Waals surface area contributed by atoms with Gasteiger partial charge in [0.05, 0.1) is 19.3 Å². The van der Waals surface area contributed by atoms with Crippen LogP contribution in [0.1, 0.15) is 40.0 Å². The number of nitrogens with zero attached hydrogens (tertiary/aromatic N) is 2. The van der Waals surface area contributed by atoms with Gasteiger partial charge in [-0.2, -0.15) is 18.3 Å². The van der Waals surface area contributed by atoms with Crippen LogP contribution in [0.2, 0.25) is 0 Å². The van der Waals surface area contributed by atoms with Crippen LogP contribution in [0.15, 0.2) is 60.8 Å². The largest absolute Gasteiger partial charge is 0.497 e. The average Bonchev–Trinajstić information content (AvgIpc) is 3.29. The fourth-order valence-corrected chi connectivity index (χ4v) is 3.91. The molecule has 0 radical (unpaired) electrons. The molecule has 0 saturated heterocycles. The number of nitrogens with one attached hydrogen (secondary N) is 4. The number of alkyl halides is 3. The van der Waals surface area contributed by atoms with Crippen LogP contribution in [0.25, 0.3) is 0 Å². The summed E-state index contributed by atoms with van der Waals surface area (Å²) in [7, 11) is 1.51. The third kappa shape index (κ3) is 5.65. The SMILES string of the molecule is COc1ccc([C@H]2C[C@@H](C(F)(F)F)n3ncc(C(=O)NNC(=S)NCc4ccccc4)c3N2)cc1.